The Bertz CT molecular complexity index is 380. The van der Waals surface area contributed by atoms with Gasteiger partial charge in [0.2, 0.25) is 0 Å². The molecule has 0 spiro atoms. The predicted molar refractivity (Wildman–Crippen MR) is 100 cm³/mol. The Morgan fingerprint density at radius 3 is 2.71 bits per heavy atom. The molecule has 21 heavy (non-hydrogen) atoms. The Balaban J connectivity index is 2.48. The predicted octanol–water partition coefficient (Wildman–Crippen LogP) is 3.37. The van der Waals surface area contributed by atoms with Crippen molar-refractivity contribution in [3.8, 4) is 0 Å². The largest absolute Gasteiger partial charge is 0.415 e. The Morgan fingerprint density at radius 1 is 1.52 bits per heavy atom. The van der Waals surface area contributed by atoms with Gasteiger partial charge in [0, 0.05) is 16.2 Å². The first-order valence-electron chi connectivity index (χ1n) is 7.40. The topological polar surface area (TPSA) is 42.5 Å². The van der Waals surface area contributed by atoms with Crippen LogP contribution in [0.3, 0.4) is 0 Å². The van der Waals surface area contributed by atoms with E-state index in [1.54, 1.807) is 6.08 Å². The average molecular weight is 424 g/mol. The van der Waals surface area contributed by atoms with Crippen LogP contribution in [0.4, 0.5) is 0 Å². The second kappa shape index (κ2) is 8.21. The van der Waals surface area contributed by atoms with Crippen LogP contribution in [-0.4, -0.2) is 40.2 Å². The van der Waals surface area contributed by atoms with E-state index < -0.39 is 8.32 Å². The molecule has 2 unspecified atom stereocenters. The highest BCUT2D eigenvalue weighted by atomic mass is 127. The number of hydrogen-bond acceptors (Lipinski definition) is 4. The normalized spacial score (nSPS) is 23.8. The summed E-state index contributed by atoms with van der Waals surface area (Å²) in [6.45, 7) is 17.1. The van der Waals surface area contributed by atoms with E-state index >= 15 is 0 Å². The van der Waals surface area contributed by atoms with Crippen molar-refractivity contribution in [1.82, 2.24) is 10.8 Å². The van der Waals surface area contributed by atoms with Crippen molar-refractivity contribution in [2.75, 3.05) is 19.8 Å². The smallest absolute Gasteiger partial charge is 0.192 e. The Labute approximate surface area is 144 Å². The Kier molecular flexibility index (Phi) is 7.55. The molecule has 0 aromatic heterocycles. The fourth-order valence-electron chi connectivity index (χ4n) is 1.66. The van der Waals surface area contributed by atoms with Crippen molar-refractivity contribution in [3.63, 3.8) is 0 Å². The Hall–Kier alpha value is 0.267. The molecule has 2 N–H and O–H groups in total. The molecule has 6 heteroatoms. The molecular formula is C15H29IN2O2Si. The quantitative estimate of drug-likeness (QED) is 0.216. The van der Waals surface area contributed by atoms with E-state index in [2.05, 4.69) is 79.9 Å². The SMILES string of the molecule is C=CCONC1CNC(CO[Si](C)(C)C(C)(C)C)C=C1I. The second-order valence-electron chi connectivity index (χ2n) is 6.91. The summed E-state index contributed by atoms with van der Waals surface area (Å²) in [4.78, 5) is 5.31. The lowest BCUT2D eigenvalue weighted by Gasteiger charge is -2.38. The third-order valence-corrected chi connectivity index (χ3v) is 9.75. The van der Waals surface area contributed by atoms with Crippen LogP contribution in [0.5, 0.6) is 0 Å². The summed E-state index contributed by atoms with van der Waals surface area (Å²) < 4.78 is 7.54. The standard InChI is InChI=1S/C15H29IN2O2Si/c1-7-8-19-18-14-10-17-12(9-13(14)16)11-20-21(5,6)15(2,3)4/h7,9,12,14,17-18H,1,8,10-11H2,2-6H3. The van der Waals surface area contributed by atoms with Gasteiger partial charge in [0.25, 0.3) is 0 Å². The number of hydrogen-bond donors (Lipinski definition) is 2. The van der Waals surface area contributed by atoms with Gasteiger partial charge < -0.3 is 9.74 Å². The minimum atomic E-state index is -1.68. The van der Waals surface area contributed by atoms with Crippen molar-refractivity contribution in [1.29, 1.82) is 0 Å². The van der Waals surface area contributed by atoms with E-state index in [4.69, 9.17) is 9.26 Å². The lowest BCUT2D eigenvalue weighted by Crippen LogP contribution is -2.50. The lowest BCUT2D eigenvalue weighted by molar-refractivity contribution is 0.0437. The molecule has 4 nitrogen and oxygen atoms in total. The van der Waals surface area contributed by atoms with Gasteiger partial charge >= 0.3 is 0 Å². The average Bonchev–Trinajstić information content (AvgIpc) is 2.37. The molecule has 0 aromatic carbocycles. The molecule has 0 bridgehead atoms. The maximum atomic E-state index is 6.28. The monoisotopic (exact) mass is 424 g/mol. The van der Waals surface area contributed by atoms with Gasteiger partial charge in [-0.15, -0.1) is 6.58 Å². The highest BCUT2D eigenvalue weighted by Gasteiger charge is 2.37. The van der Waals surface area contributed by atoms with Crippen LogP contribution in [0.1, 0.15) is 20.8 Å². The summed E-state index contributed by atoms with van der Waals surface area (Å²) in [5.41, 5.74) is 3.05. The molecule has 1 aliphatic heterocycles. The van der Waals surface area contributed by atoms with Gasteiger partial charge in [-0.2, -0.15) is 5.48 Å². The summed E-state index contributed by atoms with van der Waals surface area (Å²) in [7, 11) is -1.68. The van der Waals surface area contributed by atoms with Crippen molar-refractivity contribution < 1.29 is 9.26 Å². The van der Waals surface area contributed by atoms with E-state index in [1.165, 1.54) is 3.58 Å². The minimum Gasteiger partial charge on any atom is -0.415 e. The first-order valence-corrected chi connectivity index (χ1v) is 11.4. The van der Waals surface area contributed by atoms with Crippen LogP contribution in [0.2, 0.25) is 18.1 Å². The van der Waals surface area contributed by atoms with Crippen molar-refractivity contribution in [3.05, 3.63) is 22.3 Å². The molecule has 122 valence electrons. The summed E-state index contributed by atoms with van der Waals surface area (Å²) in [5, 5.41) is 3.75. The van der Waals surface area contributed by atoms with Crippen LogP contribution in [0.25, 0.3) is 0 Å². The summed E-state index contributed by atoms with van der Waals surface area (Å²) in [5.74, 6) is 0. The van der Waals surface area contributed by atoms with Crippen LogP contribution in [-0.2, 0) is 9.26 Å². The van der Waals surface area contributed by atoms with Gasteiger partial charge in [-0.1, -0.05) is 32.9 Å². The fourth-order valence-corrected chi connectivity index (χ4v) is 3.47. The highest BCUT2D eigenvalue weighted by Crippen LogP contribution is 2.36. The molecule has 1 heterocycles. The van der Waals surface area contributed by atoms with Gasteiger partial charge in [-0.05, 0) is 40.7 Å². The second-order valence-corrected chi connectivity index (χ2v) is 13.0. The van der Waals surface area contributed by atoms with Gasteiger partial charge in [0.1, 0.15) is 0 Å². The molecule has 0 saturated carbocycles. The summed E-state index contributed by atoms with van der Waals surface area (Å²) in [6.07, 6.45) is 3.96. The first-order chi connectivity index (χ1) is 9.67. The molecule has 0 aromatic rings. The maximum absolute atomic E-state index is 6.28. The van der Waals surface area contributed by atoms with Gasteiger partial charge in [-0.25, -0.2) is 0 Å². The van der Waals surface area contributed by atoms with Gasteiger partial charge in [0.15, 0.2) is 8.32 Å². The first kappa shape index (κ1) is 19.3. The van der Waals surface area contributed by atoms with Crippen LogP contribution in [0, 0.1) is 0 Å². The molecular weight excluding hydrogens is 395 g/mol. The highest BCUT2D eigenvalue weighted by molar-refractivity contribution is 14.1. The zero-order valence-electron chi connectivity index (χ0n) is 13.8. The van der Waals surface area contributed by atoms with Crippen LogP contribution in [0.15, 0.2) is 22.3 Å². The number of halogens is 1. The molecule has 0 amide bonds. The maximum Gasteiger partial charge on any atom is 0.192 e. The molecule has 2 atom stereocenters. The fraction of sp³-hybridized carbons (Fsp3) is 0.733. The molecule has 0 fully saturated rings. The van der Waals surface area contributed by atoms with Crippen LogP contribution < -0.4 is 10.8 Å². The van der Waals surface area contributed by atoms with Crippen molar-refractivity contribution in [2.45, 2.75) is 51.0 Å². The van der Waals surface area contributed by atoms with Crippen molar-refractivity contribution in [2.24, 2.45) is 0 Å². The van der Waals surface area contributed by atoms with E-state index in [9.17, 15) is 0 Å². The molecule has 1 rings (SSSR count). The molecule has 0 aliphatic carbocycles. The summed E-state index contributed by atoms with van der Waals surface area (Å²) in [6, 6.07) is 0.484. The Morgan fingerprint density at radius 2 is 2.19 bits per heavy atom. The molecule has 1 aliphatic rings. The lowest BCUT2D eigenvalue weighted by atomic mass is 10.1. The van der Waals surface area contributed by atoms with Gasteiger partial charge in [-0.3, -0.25) is 4.84 Å². The molecule has 0 radical (unpaired) electrons. The number of hydroxylamine groups is 1. The van der Waals surface area contributed by atoms with E-state index in [-0.39, 0.29) is 17.1 Å². The minimum absolute atomic E-state index is 0.203. The third-order valence-electron chi connectivity index (χ3n) is 4.13. The van der Waals surface area contributed by atoms with Gasteiger partial charge in [0.05, 0.1) is 19.3 Å². The zero-order chi connectivity index (χ0) is 16.1. The van der Waals surface area contributed by atoms with E-state index in [1.807, 2.05) is 0 Å². The zero-order valence-corrected chi connectivity index (χ0v) is 17.0. The van der Waals surface area contributed by atoms with Crippen molar-refractivity contribution >= 4 is 30.9 Å². The number of rotatable bonds is 7. The molecule has 0 saturated heterocycles. The van der Waals surface area contributed by atoms with Crippen LogP contribution >= 0.6 is 22.6 Å². The number of nitrogens with one attached hydrogen (secondary N) is 2. The van der Waals surface area contributed by atoms with E-state index in [0.29, 0.717) is 6.61 Å². The third kappa shape index (κ3) is 6.11. The summed E-state index contributed by atoms with van der Waals surface area (Å²) >= 11 is 2.37. The van der Waals surface area contributed by atoms with E-state index in [0.717, 1.165) is 13.2 Å².